The van der Waals surface area contributed by atoms with Crippen LogP contribution in [0.3, 0.4) is 0 Å². The predicted molar refractivity (Wildman–Crippen MR) is 169 cm³/mol. The Hall–Kier alpha value is -2.21. The van der Waals surface area contributed by atoms with E-state index in [-0.39, 0.29) is 45.8 Å². The van der Waals surface area contributed by atoms with Gasteiger partial charge in [0.2, 0.25) is 5.91 Å². The molecule has 2 aliphatic heterocycles. The van der Waals surface area contributed by atoms with Gasteiger partial charge in [-0.2, -0.15) is 26.3 Å². The Kier molecular flexibility index (Phi) is 12.0. The minimum absolute atomic E-state index is 0.00805. The minimum Gasteiger partial charge on any atom is -0.414 e. The molecule has 1 unspecified atom stereocenters. The third-order valence-corrected chi connectivity index (χ3v) is 19.2. The number of ether oxygens (including phenoxy) is 3. The average Bonchev–Trinajstić information content (AvgIpc) is 3.52. The fraction of sp³-hybridized carbons (Fsp3) is 0.793. The van der Waals surface area contributed by atoms with Crippen molar-refractivity contribution in [2.24, 2.45) is 5.92 Å². The highest BCUT2D eigenvalue weighted by molar-refractivity contribution is 6.84. The number of imidazole rings is 1. The first-order valence-corrected chi connectivity index (χ1v) is 20.0. The summed E-state index contributed by atoms with van der Waals surface area (Å²) in [7, 11) is -6.28. The molecule has 4 heterocycles. The Morgan fingerprint density at radius 2 is 1.55 bits per heavy atom. The number of aromatic nitrogens is 4. The van der Waals surface area contributed by atoms with E-state index < -0.39 is 79.2 Å². The van der Waals surface area contributed by atoms with Crippen LogP contribution in [0.2, 0.25) is 22.2 Å². The predicted octanol–water partition coefficient (Wildman–Crippen LogP) is 6.74. The number of nitrogens with one attached hydrogen (secondary N) is 1. The van der Waals surface area contributed by atoms with Crippen LogP contribution in [0, 0.1) is 5.92 Å². The van der Waals surface area contributed by atoms with Gasteiger partial charge >= 0.3 is 29.5 Å². The van der Waals surface area contributed by atoms with Gasteiger partial charge in [-0.3, -0.25) is 9.36 Å². The first-order valence-electron chi connectivity index (χ1n) is 16.1. The summed E-state index contributed by atoms with van der Waals surface area (Å²) in [5, 5.41) is 2.58. The molecule has 0 radical (unpaired) electrons. The van der Waals surface area contributed by atoms with Crippen molar-refractivity contribution in [1.82, 2.24) is 19.5 Å². The van der Waals surface area contributed by atoms with Gasteiger partial charge in [0.15, 0.2) is 29.1 Å². The van der Waals surface area contributed by atoms with E-state index in [1.54, 1.807) is 0 Å². The number of fused-ring (bicyclic) bond motifs is 2. The zero-order valence-corrected chi connectivity index (χ0v) is 30.9. The number of carbonyl (C=O) groups is 1. The number of nitrogens with zero attached hydrogens (tertiary/aromatic N) is 4. The van der Waals surface area contributed by atoms with Crippen molar-refractivity contribution in [3.8, 4) is 0 Å². The molecule has 0 bridgehead atoms. The number of carbonyl (C=O) groups excluding carboxylic acids is 1. The smallest absolute Gasteiger partial charge is 0.402 e. The molecule has 0 aliphatic carbocycles. The zero-order valence-electron chi connectivity index (χ0n) is 28.9. The second kappa shape index (κ2) is 14.8. The summed E-state index contributed by atoms with van der Waals surface area (Å²) in [5.41, 5.74) is 0.229. The second-order valence-corrected chi connectivity index (χ2v) is 22.5. The molecule has 49 heavy (non-hydrogen) atoms. The van der Waals surface area contributed by atoms with Crippen molar-refractivity contribution >= 4 is 40.0 Å². The molecule has 2 aromatic heterocycles. The molecule has 20 heteroatoms. The topological polar surface area (TPSA) is 128 Å². The molecule has 2 aliphatic rings. The molecule has 2 aromatic rings. The van der Waals surface area contributed by atoms with Crippen LogP contribution >= 0.6 is 0 Å². The van der Waals surface area contributed by atoms with E-state index in [1.165, 1.54) is 24.1 Å². The van der Waals surface area contributed by atoms with Gasteiger partial charge in [-0.1, -0.05) is 55.4 Å². The Balaban J connectivity index is 1.78. The van der Waals surface area contributed by atoms with Crippen molar-refractivity contribution in [3.05, 3.63) is 12.7 Å². The standard InChI is InChI=1S/C29H45F6N5O7Si2/c1-15(2)48(16(3)4)44-10-20-23(46-49(47-48,17(5)6)18(7)8)24(43-14-42-11-21(28(30,31)32)29(33,34)35)27(45-20)40-13-38-22-25(39-19(9)41)36-12-37-26(22)40/h12-13,15-18,20-21,23-24,27H,10-11,14H2,1-9H3,(H,36,37,39,41)/t20-,23+,24?,27-/m1/s1. The fourth-order valence-corrected chi connectivity index (χ4v) is 17.7. The van der Waals surface area contributed by atoms with Crippen LogP contribution in [0.4, 0.5) is 32.2 Å². The summed E-state index contributed by atoms with van der Waals surface area (Å²) in [5.74, 6) is -3.99. The van der Waals surface area contributed by atoms with Crippen LogP contribution in [0.1, 0.15) is 68.5 Å². The van der Waals surface area contributed by atoms with Crippen molar-refractivity contribution in [3.63, 3.8) is 0 Å². The molecule has 0 spiro atoms. The summed E-state index contributed by atoms with van der Waals surface area (Å²) in [6, 6.07) is 0. The van der Waals surface area contributed by atoms with E-state index >= 15 is 0 Å². The van der Waals surface area contributed by atoms with E-state index in [4.69, 9.17) is 27.2 Å². The number of rotatable bonds is 11. The van der Waals surface area contributed by atoms with Gasteiger partial charge in [-0.25, -0.2) is 15.0 Å². The number of amides is 1. The van der Waals surface area contributed by atoms with E-state index in [9.17, 15) is 31.1 Å². The van der Waals surface area contributed by atoms with Crippen LogP contribution in [0.25, 0.3) is 11.2 Å². The minimum atomic E-state index is -5.58. The summed E-state index contributed by atoms with van der Waals surface area (Å²) in [6.07, 6.45) is -12.6. The molecule has 0 saturated carbocycles. The fourth-order valence-electron chi connectivity index (χ4n) is 6.49. The summed E-state index contributed by atoms with van der Waals surface area (Å²) in [4.78, 5) is 24.6. The maximum absolute atomic E-state index is 13.2. The highest BCUT2D eigenvalue weighted by Crippen LogP contribution is 2.49. The van der Waals surface area contributed by atoms with Gasteiger partial charge < -0.3 is 32.5 Å². The summed E-state index contributed by atoms with van der Waals surface area (Å²) < 4.78 is 119. The second-order valence-electron chi connectivity index (χ2n) is 13.6. The zero-order chi connectivity index (χ0) is 36.7. The third-order valence-electron chi connectivity index (χ3n) is 8.96. The highest BCUT2D eigenvalue weighted by atomic mass is 28.5. The molecule has 1 amide bonds. The van der Waals surface area contributed by atoms with Crippen molar-refractivity contribution in [1.29, 1.82) is 0 Å². The number of hydrogen-bond donors (Lipinski definition) is 1. The quantitative estimate of drug-likeness (QED) is 0.114. The summed E-state index contributed by atoms with van der Waals surface area (Å²) in [6.45, 7) is 14.8. The first-order chi connectivity index (χ1) is 22.7. The van der Waals surface area contributed by atoms with Crippen LogP contribution in [0.15, 0.2) is 12.7 Å². The third kappa shape index (κ3) is 8.00. The van der Waals surface area contributed by atoms with Crippen LogP contribution in [-0.2, 0) is 32.0 Å². The Bertz CT molecular complexity index is 1410. The van der Waals surface area contributed by atoms with Crippen molar-refractivity contribution in [2.75, 3.05) is 25.3 Å². The molecule has 2 fully saturated rings. The van der Waals surface area contributed by atoms with Crippen molar-refractivity contribution < 1.29 is 58.3 Å². The van der Waals surface area contributed by atoms with E-state index in [1.807, 2.05) is 55.4 Å². The lowest BCUT2D eigenvalue weighted by Gasteiger charge is -2.51. The number of alkyl halides is 6. The Labute approximate surface area is 283 Å². The van der Waals surface area contributed by atoms with Gasteiger partial charge in [0.05, 0.1) is 19.5 Å². The molecule has 1 N–H and O–H groups in total. The highest BCUT2D eigenvalue weighted by Gasteiger charge is 2.62. The lowest BCUT2D eigenvalue weighted by atomic mass is 10.1. The van der Waals surface area contributed by atoms with Gasteiger partial charge in [-0.15, -0.1) is 0 Å². The molecule has 4 rings (SSSR count). The average molecular weight is 746 g/mol. The monoisotopic (exact) mass is 745 g/mol. The normalized spacial score (nSPS) is 24.7. The molecule has 12 nitrogen and oxygen atoms in total. The van der Waals surface area contributed by atoms with Crippen LogP contribution < -0.4 is 5.32 Å². The largest absolute Gasteiger partial charge is 0.414 e. The van der Waals surface area contributed by atoms with Crippen LogP contribution in [-0.4, -0.2) is 93.2 Å². The van der Waals surface area contributed by atoms with Gasteiger partial charge in [0, 0.05) is 6.92 Å². The van der Waals surface area contributed by atoms with Gasteiger partial charge in [0.25, 0.3) is 0 Å². The molecule has 0 aromatic carbocycles. The molecular weight excluding hydrogens is 701 g/mol. The van der Waals surface area contributed by atoms with Crippen LogP contribution in [0.5, 0.6) is 0 Å². The SMILES string of the molecule is CC(=O)Nc1ncnc2c1ncn2[C@@H]1O[C@@H]2CO[Si](C(C)C)(C(C)C)O[Si](C(C)C)(C(C)C)O[C@@H]2C1OCOCC(C(F)(F)F)C(F)(F)F. The Morgan fingerprint density at radius 3 is 2.08 bits per heavy atom. The Morgan fingerprint density at radius 1 is 0.959 bits per heavy atom. The van der Waals surface area contributed by atoms with Gasteiger partial charge in [-0.05, 0) is 22.2 Å². The first kappa shape index (κ1) is 39.6. The lowest BCUT2D eigenvalue weighted by Crippen LogP contribution is -2.66. The number of anilines is 1. The molecule has 4 atom stereocenters. The number of hydrogen-bond acceptors (Lipinski definition) is 10. The maximum atomic E-state index is 13.2. The lowest BCUT2D eigenvalue weighted by molar-refractivity contribution is -0.299. The van der Waals surface area contributed by atoms with Gasteiger partial charge in [0.1, 0.15) is 31.4 Å². The molecular formula is C29H45F6N5O7Si2. The summed E-state index contributed by atoms with van der Waals surface area (Å²) >= 11 is 0. The van der Waals surface area contributed by atoms with E-state index in [0.717, 1.165) is 0 Å². The maximum Gasteiger partial charge on any atom is 0.402 e. The van der Waals surface area contributed by atoms with E-state index in [0.29, 0.717) is 0 Å². The number of halogens is 6. The molecule has 278 valence electrons. The molecule has 2 saturated heterocycles. The van der Waals surface area contributed by atoms with E-state index in [2.05, 4.69) is 20.3 Å². The van der Waals surface area contributed by atoms with Crippen molar-refractivity contribution in [2.45, 2.75) is 121 Å².